The van der Waals surface area contributed by atoms with Crippen molar-refractivity contribution < 1.29 is 9.53 Å². The lowest BCUT2D eigenvalue weighted by Gasteiger charge is -2.27. The minimum absolute atomic E-state index is 0.0127. The van der Waals surface area contributed by atoms with E-state index in [1.165, 1.54) is 11.1 Å². The highest BCUT2D eigenvalue weighted by molar-refractivity contribution is 5.69. The molecule has 0 aromatic heterocycles. The van der Waals surface area contributed by atoms with Crippen molar-refractivity contribution in [2.45, 2.75) is 58.5 Å². The van der Waals surface area contributed by atoms with E-state index in [4.69, 9.17) is 4.74 Å². The van der Waals surface area contributed by atoms with Crippen molar-refractivity contribution in [1.29, 1.82) is 0 Å². The van der Waals surface area contributed by atoms with Gasteiger partial charge in [0, 0.05) is 0 Å². The predicted molar refractivity (Wildman–Crippen MR) is 85.6 cm³/mol. The third-order valence-electron chi connectivity index (χ3n) is 3.95. The Balaban J connectivity index is 2.48. The summed E-state index contributed by atoms with van der Waals surface area (Å²) < 4.78 is 5.28. The fraction of sp³-hybridized carbons (Fsp3) is 0.588. The lowest BCUT2D eigenvalue weighted by Crippen LogP contribution is -2.18. The van der Waals surface area contributed by atoms with Crippen LogP contribution < -0.4 is 0 Å². The van der Waals surface area contributed by atoms with E-state index < -0.39 is 12.2 Å². The monoisotopic (exact) mass is 304 g/mol. The van der Waals surface area contributed by atoms with E-state index in [1.54, 1.807) is 0 Å². The van der Waals surface area contributed by atoms with Crippen molar-refractivity contribution in [2.75, 3.05) is 6.54 Å². The molecule has 5 heteroatoms. The molecule has 1 saturated heterocycles. The maximum Gasteiger partial charge on any atom is 0.433 e. The molecule has 0 N–H and O–H groups in total. The normalized spacial score (nSPS) is 19.3. The number of nitroso groups, excluding NO2 is 1. The number of amides is 1. The molecule has 5 nitrogen and oxygen atoms in total. The maximum absolute atomic E-state index is 11.6. The zero-order valence-corrected chi connectivity index (χ0v) is 14.1. The van der Waals surface area contributed by atoms with Gasteiger partial charge in [0.05, 0.1) is 11.8 Å². The molecule has 0 saturated carbocycles. The minimum atomic E-state index is -0.682. The third kappa shape index (κ3) is 3.29. The van der Waals surface area contributed by atoms with Crippen molar-refractivity contribution in [1.82, 2.24) is 5.01 Å². The van der Waals surface area contributed by atoms with Gasteiger partial charge in [0.2, 0.25) is 0 Å². The molecule has 1 aromatic rings. The number of hydrogen-bond donors (Lipinski definition) is 0. The molecular weight excluding hydrogens is 280 g/mol. The molecule has 1 aromatic carbocycles. The molecule has 0 unspecified atom stereocenters. The Kier molecular flexibility index (Phi) is 4.02. The molecule has 0 aliphatic carbocycles. The van der Waals surface area contributed by atoms with Crippen LogP contribution in [0.1, 0.15) is 64.3 Å². The second-order valence-electron chi connectivity index (χ2n) is 7.88. The van der Waals surface area contributed by atoms with Gasteiger partial charge in [-0.15, -0.1) is 4.91 Å². The fourth-order valence-corrected chi connectivity index (χ4v) is 2.40. The number of ether oxygens (including phenoxy) is 1. The van der Waals surface area contributed by atoms with Gasteiger partial charge in [0.15, 0.2) is 0 Å². The van der Waals surface area contributed by atoms with E-state index in [9.17, 15) is 9.70 Å². The van der Waals surface area contributed by atoms with Crippen LogP contribution in [-0.4, -0.2) is 17.6 Å². The summed E-state index contributed by atoms with van der Waals surface area (Å²) in [4.78, 5) is 22.2. The van der Waals surface area contributed by atoms with Crippen LogP contribution >= 0.6 is 0 Å². The Hall–Kier alpha value is -1.91. The van der Waals surface area contributed by atoms with Crippen LogP contribution in [0.25, 0.3) is 0 Å². The van der Waals surface area contributed by atoms with Gasteiger partial charge in [-0.3, -0.25) is 0 Å². The predicted octanol–water partition coefficient (Wildman–Crippen LogP) is 4.46. The SMILES string of the molecule is CC(C)(C)c1cc([C@@H]2CN(N=O)C(=O)O2)cc(C(C)(C)C)c1. The first-order valence-electron chi connectivity index (χ1n) is 7.50. The van der Waals surface area contributed by atoms with Crippen molar-refractivity contribution in [3.63, 3.8) is 0 Å². The second-order valence-corrected chi connectivity index (χ2v) is 7.88. The topological polar surface area (TPSA) is 59.0 Å². The number of carbonyl (C=O) groups is 1. The molecular formula is C17H24N2O3. The van der Waals surface area contributed by atoms with E-state index in [-0.39, 0.29) is 17.4 Å². The van der Waals surface area contributed by atoms with E-state index in [2.05, 4.69) is 65.0 Å². The lowest BCUT2D eigenvalue weighted by molar-refractivity contribution is 0.133. The van der Waals surface area contributed by atoms with Crippen molar-refractivity contribution >= 4 is 6.09 Å². The van der Waals surface area contributed by atoms with Crippen LogP contribution in [-0.2, 0) is 15.6 Å². The summed E-state index contributed by atoms with van der Waals surface area (Å²) in [7, 11) is 0. The summed E-state index contributed by atoms with van der Waals surface area (Å²) in [5.74, 6) is 0. The summed E-state index contributed by atoms with van der Waals surface area (Å²) in [5.41, 5.74) is 3.26. The Bertz CT molecular complexity index is 565. The van der Waals surface area contributed by atoms with Crippen LogP contribution in [0.4, 0.5) is 4.79 Å². The number of cyclic esters (lactones) is 1. The highest BCUT2D eigenvalue weighted by atomic mass is 16.6. The Morgan fingerprint density at radius 1 is 1.05 bits per heavy atom. The Morgan fingerprint density at radius 2 is 1.55 bits per heavy atom. The zero-order chi connectivity index (χ0) is 16.7. The number of hydrogen-bond acceptors (Lipinski definition) is 4. The van der Waals surface area contributed by atoms with Crippen molar-refractivity contribution in [2.24, 2.45) is 5.29 Å². The molecule has 1 heterocycles. The van der Waals surface area contributed by atoms with Crippen LogP contribution in [0.3, 0.4) is 0 Å². The Labute approximate surface area is 131 Å². The van der Waals surface area contributed by atoms with E-state index in [0.717, 1.165) is 10.6 Å². The summed E-state index contributed by atoms with van der Waals surface area (Å²) in [6.07, 6.45) is -1.13. The first-order valence-corrected chi connectivity index (χ1v) is 7.50. The number of nitrogens with zero attached hydrogens (tertiary/aromatic N) is 2. The fourth-order valence-electron chi connectivity index (χ4n) is 2.40. The van der Waals surface area contributed by atoms with Gasteiger partial charge in [-0.05, 0) is 27.5 Å². The van der Waals surface area contributed by atoms with Crippen LogP contribution in [0.5, 0.6) is 0 Å². The quantitative estimate of drug-likeness (QED) is 0.758. The van der Waals surface area contributed by atoms with Gasteiger partial charge in [0.25, 0.3) is 0 Å². The third-order valence-corrected chi connectivity index (χ3v) is 3.95. The van der Waals surface area contributed by atoms with Crippen molar-refractivity contribution in [3.05, 3.63) is 39.8 Å². The highest BCUT2D eigenvalue weighted by Gasteiger charge is 2.34. The first kappa shape index (κ1) is 16.5. The highest BCUT2D eigenvalue weighted by Crippen LogP contribution is 2.34. The maximum atomic E-state index is 11.6. The molecule has 1 amide bonds. The summed E-state index contributed by atoms with van der Waals surface area (Å²) in [6.45, 7) is 13.1. The average molecular weight is 304 g/mol. The molecule has 0 bridgehead atoms. The molecule has 1 aliphatic heterocycles. The van der Waals surface area contributed by atoms with Crippen molar-refractivity contribution in [3.8, 4) is 0 Å². The molecule has 120 valence electrons. The van der Waals surface area contributed by atoms with Gasteiger partial charge < -0.3 is 4.74 Å². The van der Waals surface area contributed by atoms with Crippen LogP contribution in [0.2, 0.25) is 0 Å². The second kappa shape index (κ2) is 5.38. The van der Waals surface area contributed by atoms with Gasteiger partial charge in [-0.25, -0.2) is 4.79 Å². The molecule has 22 heavy (non-hydrogen) atoms. The number of benzene rings is 1. The molecule has 2 rings (SSSR count). The van der Waals surface area contributed by atoms with Crippen LogP contribution in [0.15, 0.2) is 23.5 Å². The summed E-state index contributed by atoms with van der Waals surface area (Å²) in [5, 5.41) is 3.52. The molecule has 1 atom stereocenters. The Morgan fingerprint density at radius 3 is 1.91 bits per heavy atom. The van der Waals surface area contributed by atoms with E-state index >= 15 is 0 Å². The number of carbonyl (C=O) groups excluding carboxylic acids is 1. The molecule has 0 spiro atoms. The van der Waals surface area contributed by atoms with Crippen LogP contribution in [0, 0.1) is 4.91 Å². The molecule has 0 radical (unpaired) electrons. The largest absolute Gasteiger partial charge is 0.438 e. The van der Waals surface area contributed by atoms with Gasteiger partial charge in [0.1, 0.15) is 6.10 Å². The average Bonchev–Trinajstić information content (AvgIpc) is 2.77. The molecule has 1 aliphatic rings. The first-order chi connectivity index (χ1) is 10.0. The van der Waals surface area contributed by atoms with E-state index in [0.29, 0.717) is 0 Å². The van der Waals surface area contributed by atoms with Gasteiger partial charge in [-0.1, -0.05) is 59.7 Å². The van der Waals surface area contributed by atoms with Gasteiger partial charge in [-0.2, -0.15) is 5.01 Å². The summed E-state index contributed by atoms with van der Waals surface area (Å²) >= 11 is 0. The molecule has 1 fully saturated rings. The summed E-state index contributed by atoms with van der Waals surface area (Å²) in [6, 6.07) is 6.32. The standard InChI is InChI=1S/C17H24N2O3/c1-16(2,3)12-7-11(8-13(9-12)17(4,5)6)14-10-19(18-21)15(20)22-14/h7-9,14H,10H2,1-6H3/t14-/m0/s1. The number of rotatable bonds is 2. The van der Waals surface area contributed by atoms with E-state index in [1.807, 2.05) is 0 Å². The zero-order valence-electron chi connectivity index (χ0n) is 14.1. The minimum Gasteiger partial charge on any atom is -0.438 e. The van der Waals surface area contributed by atoms with Gasteiger partial charge >= 0.3 is 6.09 Å². The lowest BCUT2D eigenvalue weighted by atomic mass is 9.79. The smallest absolute Gasteiger partial charge is 0.433 e.